The first kappa shape index (κ1) is 12.2. The monoisotopic (exact) mass is 302 g/mol. The van der Waals surface area contributed by atoms with Crippen LogP contribution in [0.5, 0.6) is 0 Å². The molecule has 4 heteroatoms. The van der Waals surface area contributed by atoms with Crippen molar-refractivity contribution in [1.82, 2.24) is 4.98 Å². The number of halogens is 2. The molecule has 1 aliphatic rings. The maximum Gasteiger partial charge on any atom is 0.147 e. The van der Waals surface area contributed by atoms with E-state index >= 15 is 0 Å². The van der Waals surface area contributed by atoms with Crippen LogP contribution in [0.25, 0.3) is 0 Å². The van der Waals surface area contributed by atoms with Crippen LogP contribution in [0.3, 0.4) is 0 Å². The lowest BCUT2D eigenvalue weighted by Gasteiger charge is -2.26. The van der Waals surface area contributed by atoms with Gasteiger partial charge in [-0.25, -0.2) is 4.98 Å². The molecule has 2 heterocycles. The number of pyridine rings is 1. The van der Waals surface area contributed by atoms with Crippen molar-refractivity contribution in [3.05, 3.63) is 21.8 Å². The number of aromatic nitrogens is 1. The second-order valence-corrected chi connectivity index (χ2v) is 5.54. The molecular formula is C12H16BrClN2. The third kappa shape index (κ3) is 3.11. The van der Waals surface area contributed by atoms with Gasteiger partial charge in [0.2, 0.25) is 0 Å². The van der Waals surface area contributed by atoms with Crippen LogP contribution in [-0.4, -0.2) is 18.1 Å². The molecule has 2 rings (SSSR count). The van der Waals surface area contributed by atoms with Crippen LogP contribution in [0.2, 0.25) is 5.02 Å². The van der Waals surface area contributed by atoms with Gasteiger partial charge in [-0.2, -0.15) is 0 Å². The first-order valence-electron chi connectivity index (χ1n) is 5.83. The summed E-state index contributed by atoms with van der Waals surface area (Å²) in [6.07, 6.45) is 8.33. The Morgan fingerprint density at radius 2 is 1.75 bits per heavy atom. The summed E-state index contributed by atoms with van der Waals surface area (Å²) in [6.45, 7) is 2.16. The maximum atomic E-state index is 6.22. The Balaban J connectivity index is 2.14. The Kier molecular flexibility index (Phi) is 4.47. The molecule has 0 atom stereocenters. The summed E-state index contributed by atoms with van der Waals surface area (Å²) in [6, 6.07) is 1.92. The Morgan fingerprint density at radius 1 is 1.12 bits per heavy atom. The number of hydrogen-bond acceptors (Lipinski definition) is 2. The van der Waals surface area contributed by atoms with Crippen LogP contribution in [0, 0.1) is 0 Å². The summed E-state index contributed by atoms with van der Waals surface area (Å²) in [4.78, 5) is 6.73. The highest BCUT2D eigenvalue weighted by Gasteiger charge is 2.13. The summed E-state index contributed by atoms with van der Waals surface area (Å²) in [5, 5.41) is 0.745. The molecule has 0 radical (unpaired) electrons. The van der Waals surface area contributed by atoms with Gasteiger partial charge >= 0.3 is 0 Å². The average Bonchev–Trinajstić information content (AvgIpc) is 2.19. The van der Waals surface area contributed by atoms with Crippen LogP contribution >= 0.6 is 27.5 Å². The fourth-order valence-electron chi connectivity index (χ4n) is 2.10. The van der Waals surface area contributed by atoms with Gasteiger partial charge in [-0.1, -0.05) is 30.9 Å². The topological polar surface area (TPSA) is 16.1 Å². The molecule has 0 bridgehead atoms. The molecule has 1 saturated heterocycles. The molecule has 1 aromatic heterocycles. The zero-order chi connectivity index (χ0) is 11.4. The van der Waals surface area contributed by atoms with Crippen molar-refractivity contribution in [3.8, 4) is 0 Å². The van der Waals surface area contributed by atoms with Gasteiger partial charge in [-0.05, 0) is 34.8 Å². The van der Waals surface area contributed by atoms with Crippen molar-refractivity contribution >= 4 is 33.3 Å². The Morgan fingerprint density at radius 3 is 2.38 bits per heavy atom. The van der Waals surface area contributed by atoms with Crippen molar-refractivity contribution in [2.24, 2.45) is 0 Å². The van der Waals surface area contributed by atoms with E-state index in [2.05, 4.69) is 25.8 Å². The van der Waals surface area contributed by atoms with Crippen molar-refractivity contribution in [3.63, 3.8) is 0 Å². The molecule has 0 unspecified atom stereocenters. The highest BCUT2D eigenvalue weighted by Crippen LogP contribution is 2.27. The second-order valence-electron chi connectivity index (χ2n) is 4.21. The lowest BCUT2D eigenvalue weighted by molar-refractivity contribution is 0.554. The zero-order valence-corrected chi connectivity index (χ0v) is 11.6. The third-order valence-electron chi connectivity index (χ3n) is 2.94. The summed E-state index contributed by atoms with van der Waals surface area (Å²) in [5.74, 6) is 0.937. The van der Waals surface area contributed by atoms with Gasteiger partial charge in [0.1, 0.15) is 5.82 Å². The normalized spacial score (nSPS) is 18.0. The molecule has 1 aliphatic heterocycles. The van der Waals surface area contributed by atoms with E-state index < -0.39 is 0 Å². The summed E-state index contributed by atoms with van der Waals surface area (Å²) in [5.41, 5.74) is 0. The van der Waals surface area contributed by atoms with E-state index in [9.17, 15) is 0 Å². The predicted octanol–water partition coefficient (Wildman–Crippen LogP) is 4.27. The molecular weight excluding hydrogens is 288 g/mol. The van der Waals surface area contributed by atoms with Crippen molar-refractivity contribution < 1.29 is 0 Å². The number of anilines is 1. The van der Waals surface area contributed by atoms with Gasteiger partial charge < -0.3 is 4.90 Å². The number of rotatable bonds is 1. The SMILES string of the molecule is Clc1cc(Br)cnc1N1CCCCCCC1. The lowest BCUT2D eigenvalue weighted by Crippen LogP contribution is -2.28. The van der Waals surface area contributed by atoms with Gasteiger partial charge in [0, 0.05) is 23.8 Å². The molecule has 1 aromatic rings. The molecule has 16 heavy (non-hydrogen) atoms. The van der Waals surface area contributed by atoms with Crippen LogP contribution in [0.15, 0.2) is 16.7 Å². The summed E-state index contributed by atoms with van der Waals surface area (Å²) >= 11 is 9.61. The van der Waals surface area contributed by atoms with E-state index in [0.717, 1.165) is 28.4 Å². The predicted molar refractivity (Wildman–Crippen MR) is 72.2 cm³/mol. The van der Waals surface area contributed by atoms with Gasteiger partial charge in [-0.3, -0.25) is 0 Å². The van der Waals surface area contributed by atoms with E-state index in [4.69, 9.17) is 11.6 Å². The molecule has 2 nitrogen and oxygen atoms in total. The van der Waals surface area contributed by atoms with Gasteiger partial charge in [0.15, 0.2) is 0 Å². The maximum absolute atomic E-state index is 6.22. The molecule has 88 valence electrons. The first-order valence-corrected chi connectivity index (χ1v) is 7.00. The minimum atomic E-state index is 0.745. The highest BCUT2D eigenvalue weighted by molar-refractivity contribution is 9.10. The molecule has 0 aliphatic carbocycles. The number of hydrogen-bond donors (Lipinski definition) is 0. The van der Waals surface area contributed by atoms with Crippen LogP contribution in [0.1, 0.15) is 32.1 Å². The molecule has 1 fully saturated rings. The second kappa shape index (κ2) is 5.87. The van der Waals surface area contributed by atoms with E-state index in [0.29, 0.717) is 0 Å². The molecule has 0 aromatic carbocycles. The summed E-state index contributed by atoms with van der Waals surface area (Å²) < 4.78 is 0.938. The van der Waals surface area contributed by atoms with E-state index in [1.807, 2.05) is 12.3 Å². The van der Waals surface area contributed by atoms with Gasteiger partial charge in [-0.15, -0.1) is 0 Å². The quantitative estimate of drug-likeness (QED) is 0.770. The fraction of sp³-hybridized carbons (Fsp3) is 0.583. The van der Waals surface area contributed by atoms with Crippen molar-refractivity contribution in [2.75, 3.05) is 18.0 Å². The Bertz CT molecular complexity index is 349. The van der Waals surface area contributed by atoms with Crippen LogP contribution in [-0.2, 0) is 0 Å². The van der Waals surface area contributed by atoms with Crippen molar-refractivity contribution in [1.29, 1.82) is 0 Å². The summed E-state index contributed by atoms with van der Waals surface area (Å²) in [7, 11) is 0. The highest BCUT2D eigenvalue weighted by atomic mass is 79.9. The minimum absolute atomic E-state index is 0.745. The zero-order valence-electron chi connectivity index (χ0n) is 9.25. The lowest BCUT2D eigenvalue weighted by atomic mass is 10.1. The average molecular weight is 304 g/mol. The number of nitrogens with zero attached hydrogens (tertiary/aromatic N) is 2. The Labute approximate surface area is 110 Å². The fourth-order valence-corrected chi connectivity index (χ4v) is 2.85. The van der Waals surface area contributed by atoms with E-state index in [1.54, 1.807) is 0 Å². The van der Waals surface area contributed by atoms with E-state index in [1.165, 1.54) is 32.1 Å². The smallest absolute Gasteiger partial charge is 0.147 e. The molecule has 0 spiro atoms. The molecule has 0 amide bonds. The van der Waals surface area contributed by atoms with Gasteiger partial charge in [0.25, 0.3) is 0 Å². The standard InChI is InChI=1S/C12H16BrClN2/c13-10-8-11(14)12(15-9-10)16-6-4-2-1-3-5-7-16/h8-9H,1-7H2. The van der Waals surface area contributed by atoms with Crippen LogP contribution < -0.4 is 4.90 Å². The van der Waals surface area contributed by atoms with Crippen molar-refractivity contribution in [2.45, 2.75) is 32.1 Å². The minimum Gasteiger partial charge on any atom is -0.355 e. The Hall–Kier alpha value is -0.280. The van der Waals surface area contributed by atoms with Crippen LogP contribution in [0.4, 0.5) is 5.82 Å². The third-order valence-corrected chi connectivity index (χ3v) is 3.66. The van der Waals surface area contributed by atoms with Gasteiger partial charge in [0.05, 0.1) is 5.02 Å². The molecule has 0 N–H and O–H groups in total. The largest absolute Gasteiger partial charge is 0.355 e. The van der Waals surface area contributed by atoms with E-state index in [-0.39, 0.29) is 0 Å². The molecule has 0 saturated carbocycles. The first-order chi connectivity index (χ1) is 7.77.